The third-order valence-electron chi connectivity index (χ3n) is 5.33. The van der Waals surface area contributed by atoms with Crippen molar-refractivity contribution in [2.24, 2.45) is 0 Å². The Kier molecular flexibility index (Phi) is 5.55. The van der Waals surface area contributed by atoms with E-state index in [9.17, 15) is 14.4 Å². The molecule has 4 rings (SSSR count). The third kappa shape index (κ3) is 4.06. The molecule has 0 aliphatic carbocycles. The van der Waals surface area contributed by atoms with Crippen LogP contribution in [0.3, 0.4) is 0 Å². The van der Waals surface area contributed by atoms with E-state index in [4.69, 9.17) is 4.42 Å². The quantitative estimate of drug-likeness (QED) is 0.504. The summed E-state index contributed by atoms with van der Waals surface area (Å²) in [5.74, 6) is -0.318. The van der Waals surface area contributed by atoms with Crippen LogP contribution < -0.4 is 16.1 Å². The van der Waals surface area contributed by atoms with Crippen LogP contribution in [0.2, 0.25) is 0 Å². The van der Waals surface area contributed by atoms with Crippen molar-refractivity contribution in [3.8, 4) is 0 Å². The molecule has 0 bridgehead atoms. The third-order valence-corrected chi connectivity index (χ3v) is 5.33. The van der Waals surface area contributed by atoms with E-state index in [2.05, 4.69) is 10.7 Å². The van der Waals surface area contributed by atoms with E-state index in [1.54, 1.807) is 48.8 Å². The molecule has 158 valence electrons. The number of rotatable bonds is 7. The van der Waals surface area contributed by atoms with E-state index in [1.807, 2.05) is 42.5 Å². The molecule has 0 spiro atoms. The summed E-state index contributed by atoms with van der Waals surface area (Å²) in [5, 5.41) is 5.20. The topological polar surface area (TPSA) is 108 Å². The van der Waals surface area contributed by atoms with Crippen molar-refractivity contribution in [2.75, 3.05) is 6.54 Å². The Labute approximate surface area is 179 Å². The van der Waals surface area contributed by atoms with E-state index in [1.165, 1.54) is 0 Å². The number of benzene rings is 2. The smallest absolute Gasteiger partial charge is 0.344 e. The van der Waals surface area contributed by atoms with E-state index < -0.39 is 23.4 Å². The number of hydrogen-bond acceptors (Lipinski definition) is 4. The maximum atomic E-state index is 12.9. The Morgan fingerprint density at radius 3 is 2.39 bits per heavy atom. The Balaban J connectivity index is 1.44. The largest absolute Gasteiger partial charge is 0.463 e. The zero-order valence-corrected chi connectivity index (χ0v) is 16.9. The molecule has 3 aromatic rings. The number of hydrazine groups is 1. The van der Waals surface area contributed by atoms with Crippen LogP contribution >= 0.6 is 0 Å². The lowest BCUT2D eigenvalue weighted by atomic mass is 9.92. The molecule has 8 heteroatoms. The maximum Gasteiger partial charge on any atom is 0.344 e. The van der Waals surface area contributed by atoms with Crippen molar-refractivity contribution in [1.29, 1.82) is 0 Å². The summed E-state index contributed by atoms with van der Waals surface area (Å²) in [5.41, 5.74) is 2.79. The van der Waals surface area contributed by atoms with E-state index >= 15 is 0 Å². The highest BCUT2D eigenvalue weighted by atomic mass is 16.3. The van der Waals surface area contributed by atoms with Gasteiger partial charge in [-0.05, 0) is 24.6 Å². The first-order valence-corrected chi connectivity index (χ1v) is 9.92. The van der Waals surface area contributed by atoms with Crippen molar-refractivity contribution in [3.05, 3.63) is 95.9 Å². The first-order valence-electron chi connectivity index (χ1n) is 9.92. The van der Waals surface area contributed by atoms with Gasteiger partial charge in [-0.3, -0.25) is 15.0 Å². The van der Waals surface area contributed by atoms with Gasteiger partial charge >= 0.3 is 6.03 Å². The van der Waals surface area contributed by atoms with Crippen LogP contribution in [0.25, 0.3) is 0 Å². The van der Waals surface area contributed by atoms with Gasteiger partial charge in [0.15, 0.2) is 18.3 Å². The summed E-state index contributed by atoms with van der Waals surface area (Å²) < 4.78 is 5.53. The fourth-order valence-electron chi connectivity index (χ4n) is 3.65. The molecule has 8 nitrogen and oxygen atoms in total. The first kappa shape index (κ1) is 20.4. The second kappa shape index (κ2) is 8.45. The molecular formula is C23H23N4O4+. The number of urea groups is 1. The van der Waals surface area contributed by atoms with Gasteiger partial charge in [0.25, 0.3) is 11.8 Å². The molecule has 4 N–H and O–H groups in total. The monoisotopic (exact) mass is 419 g/mol. The number of amides is 4. The van der Waals surface area contributed by atoms with Crippen LogP contribution in [0.1, 0.15) is 29.9 Å². The number of carbonyl (C=O) groups is 3. The van der Waals surface area contributed by atoms with Crippen molar-refractivity contribution >= 4 is 17.8 Å². The molecule has 0 radical (unpaired) electrons. The van der Waals surface area contributed by atoms with E-state index in [0.717, 1.165) is 10.6 Å². The molecule has 4 amide bonds. The lowest BCUT2D eigenvalue weighted by Crippen LogP contribution is -2.88. The standard InChI is InChI=1S/C23H22N4O4/c1-23(17-11-6-3-7-12-17)21(29)27(22(30)25-23)26-19(28)15-24-20(18-13-8-14-31-18)16-9-4-2-5-10-16/h2-14,20,24H,15H2,1H3,(H,25,30)(H,26,28)/p+1/t20-,23+/m0/s1. The van der Waals surface area contributed by atoms with Crippen LogP contribution in [0.4, 0.5) is 4.79 Å². The number of hydrogen-bond donors (Lipinski definition) is 3. The van der Waals surface area contributed by atoms with Gasteiger partial charge in [0.2, 0.25) is 0 Å². The second-order valence-electron chi connectivity index (χ2n) is 7.44. The average molecular weight is 419 g/mol. The number of carbonyl (C=O) groups excluding carboxylic acids is 3. The number of nitrogens with one attached hydrogen (secondary N) is 2. The van der Waals surface area contributed by atoms with Crippen molar-refractivity contribution in [2.45, 2.75) is 18.5 Å². The van der Waals surface area contributed by atoms with Crippen LogP contribution in [-0.4, -0.2) is 29.4 Å². The van der Waals surface area contributed by atoms with E-state index in [0.29, 0.717) is 11.3 Å². The summed E-state index contributed by atoms with van der Waals surface area (Å²) in [6.07, 6.45) is 1.58. The molecule has 2 aromatic carbocycles. The molecular weight excluding hydrogens is 396 g/mol. The minimum Gasteiger partial charge on any atom is -0.463 e. The van der Waals surface area contributed by atoms with Crippen molar-refractivity contribution in [1.82, 2.24) is 15.8 Å². The van der Waals surface area contributed by atoms with Gasteiger partial charge in [-0.25, -0.2) is 4.79 Å². The number of imide groups is 1. The van der Waals surface area contributed by atoms with Gasteiger partial charge in [-0.1, -0.05) is 60.7 Å². The van der Waals surface area contributed by atoms with Crippen LogP contribution in [0, 0.1) is 0 Å². The summed E-state index contributed by atoms with van der Waals surface area (Å²) in [4.78, 5) is 37.9. The lowest BCUT2D eigenvalue weighted by Gasteiger charge is -2.22. The zero-order chi connectivity index (χ0) is 21.8. The fourth-order valence-corrected chi connectivity index (χ4v) is 3.65. The molecule has 1 aliphatic heterocycles. The molecule has 1 aromatic heterocycles. The molecule has 1 aliphatic rings. The second-order valence-corrected chi connectivity index (χ2v) is 7.44. The summed E-state index contributed by atoms with van der Waals surface area (Å²) in [6.45, 7) is 1.60. The van der Waals surface area contributed by atoms with Crippen LogP contribution in [0.15, 0.2) is 83.5 Å². The van der Waals surface area contributed by atoms with Crippen LogP contribution in [0.5, 0.6) is 0 Å². The van der Waals surface area contributed by atoms with E-state index in [-0.39, 0.29) is 12.6 Å². The number of furan rings is 1. The van der Waals surface area contributed by atoms with Gasteiger partial charge < -0.3 is 15.1 Å². The summed E-state index contributed by atoms with van der Waals surface area (Å²) in [7, 11) is 0. The number of nitrogens with two attached hydrogens (primary N) is 1. The number of nitrogens with zero attached hydrogens (tertiary/aromatic N) is 1. The predicted molar refractivity (Wildman–Crippen MR) is 111 cm³/mol. The van der Waals surface area contributed by atoms with Crippen molar-refractivity contribution in [3.63, 3.8) is 0 Å². The first-order chi connectivity index (χ1) is 15.0. The fraction of sp³-hybridized carbons (Fsp3) is 0.174. The Bertz CT molecular complexity index is 1070. The van der Waals surface area contributed by atoms with Gasteiger partial charge in [-0.15, -0.1) is 0 Å². The maximum absolute atomic E-state index is 12.9. The highest BCUT2D eigenvalue weighted by Crippen LogP contribution is 2.27. The molecule has 0 saturated carbocycles. The van der Waals surface area contributed by atoms with Gasteiger partial charge in [0.1, 0.15) is 5.54 Å². The molecule has 2 heterocycles. The SMILES string of the molecule is C[C@]1(c2ccccc2)NC(=O)N(NC(=O)C[NH2+][C@@H](c2ccccc2)c2ccco2)C1=O. The molecule has 1 saturated heterocycles. The molecule has 0 unspecified atom stereocenters. The minimum atomic E-state index is -1.24. The van der Waals surface area contributed by atoms with Crippen LogP contribution in [-0.2, 0) is 15.1 Å². The zero-order valence-electron chi connectivity index (χ0n) is 16.9. The predicted octanol–water partition coefficient (Wildman–Crippen LogP) is 1.43. The van der Waals surface area contributed by atoms with Gasteiger partial charge in [0, 0.05) is 5.56 Å². The number of quaternary nitrogens is 1. The highest BCUT2D eigenvalue weighted by molar-refractivity contribution is 6.08. The Morgan fingerprint density at radius 1 is 1.06 bits per heavy atom. The molecule has 1 fully saturated rings. The van der Waals surface area contributed by atoms with Crippen molar-refractivity contribution < 1.29 is 24.1 Å². The summed E-state index contributed by atoms with van der Waals surface area (Å²) in [6, 6.07) is 21.3. The van der Waals surface area contributed by atoms with Gasteiger partial charge in [0.05, 0.1) is 6.26 Å². The Morgan fingerprint density at radius 2 is 1.74 bits per heavy atom. The molecule has 2 atom stereocenters. The summed E-state index contributed by atoms with van der Waals surface area (Å²) >= 11 is 0. The highest BCUT2D eigenvalue weighted by Gasteiger charge is 2.50. The molecule has 31 heavy (non-hydrogen) atoms. The normalized spacial score (nSPS) is 19.2. The lowest BCUT2D eigenvalue weighted by molar-refractivity contribution is -0.678. The van der Waals surface area contributed by atoms with Gasteiger partial charge in [-0.2, -0.15) is 5.01 Å². The average Bonchev–Trinajstić information content (AvgIpc) is 3.39. The minimum absolute atomic E-state index is 0.0145. The Hall–Kier alpha value is -3.91.